The van der Waals surface area contributed by atoms with Gasteiger partial charge in [0.15, 0.2) is 0 Å². The Morgan fingerprint density at radius 2 is 1.32 bits per heavy atom. The Balaban J connectivity index is 4.18. The molecule has 0 heterocycles. The zero-order valence-electron chi connectivity index (χ0n) is 26.7. The Labute approximate surface area is 249 Å². The van der Waals surface area contributed by atoms with Crippen molar-refractivity contribution in [2.75, 3.05) is 32.8 Å². The predicted octanol–water partition coefficient (Wildman–Crippen LogP) is 8.45. The van der Waals surface area contributed by atoms with Crippen LogP contribution in [0.4, 0.5) is 0 Å². The molecule has 0 saturated heterocycles. The molecule has 0 amide bonds. The lowest BCUT2D eigenvalue weighted by Gasteiger charge is -2.25. The minimum absolute atomic E-state index is 0.0833. The highest BCUT2D eigenvalue weighted by molar-refractivity contribution is 5.69. The van der Waals surface area contributed by atoms with Crippen LogP contribution in [-0.4, -0.2) is 60.0 Å². The second-order valence-corrected chi connectivity index (χ2v) is 11.9. The molecule has 236 valence electrons. The average molecular weight is 566 g/mol. The minimum atomic E-state index is -0.364. The van der Waals surface area contributed by atoms with Gasteiger partial charge in [-0.05, 0) is 70.4 Å². The molecule has 0 aliphatic carbocycles. The van der Waals surface area contributed by atoms with Gasteiger partial charge < -0.3 is 19.8 Å². The Kier molecular flexibility index (Phi) is 30.0. The van der Waals surface area contributed by atoms with E-state index >= 15 is 0 Å². The van der Waals surface area contributed by atoms with Gasteiger partial charge >= 0.3 is 5.97 Å². The first-order chi connectivity index (χ1) is 19.6. The van der Waals surface area contributed by atoms with Crippen LogP contribution in [0.1, 0.15) is 162 Å². The zero-order valence-corrected chi connectivity index (χ0v) is 26.7. The van der Waals surface area contributed by atoms with Gasteiger partial charge in [-0.3, -0.25) is 4.79 Å². The first-order valence-electron chi connectivity index (χ1n) is 17.2. The summed E-state index contributed by atoms with van der Waals surface area (Å²) in [7, 11) is 0. The molecule has 0 aliphatic rings. The van der Waals surface area contributed by atoms with Crippen molar-refractivity contribution in [3.63, 3.8) is 0 Å². The van der Waals surface area contributed by atoms with Gasteiger partial charge in [0, 0.05) is 26.0 Å². The lowest BCUT2D eigenvalue weighted by atomic mass is 9.92. The van der Waals surface area contributed by atoms with Crippen LogP contribution in [0.5, 0.6) is 0 Å². The molecule has 0 aromatic rings. The van der Waals surface area contributed by atoms with Crippen molar-refractivity contribution in [3.8, 4) is 12.3 Å². The molecule has 2 atom stereocenters. The molecule has 2 N–H and O–H groups in total. The fourth-order valence-electron chi connectivity index (χ4n) is 5.44. The normalized spacial score (nSPS) is 12.9. The van der Waals surface area contributed by atoms with Crippen LogP contribution in [0.2, 0.25) is 0 Å². The van der Waals surface area contributed by atoms with Crippen molar-refractivity contribution in [1.82, 2.24) is 4.90 Å². The van der Waals surface area contributed by atoms with Crippen LogP contribution >= 0.6 is 0 Å². The van der Waals surface area contributed by atoms with Gasteiger partial charge in [0.25, 0.3) is 0 Å². The molecule has 0 radical (unpaired) electrons. The number of aliphatic hydroxyl groups excluding tert-OH is 2. The summed E-state index contributed by atoms with van der Waals surface area (Å²) < 4.78 is 5.60. The Bertz CT molecular complexity index is 576. The van der Waals surface area contributed by atoms with Gasteiger partial charge in [0.1, 0.15) is 0 Å². The molecule has 0 saturated carbocycles. The molecule has 2 unspecified atom stereocenters. The van der Waals surface area contributed by atoms with E-state index in [9.17, 15) is 9.90 Å². The maximum Gasteiger partial charge on any atom is 0.305 e. The van der Waals surface area contributed by atoms with Gasteiger partial charge in [-0.15, -0.1) is 12.3 Å². The molecule has 0 bridgehead atoms. The lowest BCUT2D eigenvalue weighted by molar-refractivity contribution is -0.144. The monoisotopic (exact) mass is 566 g/mol. The highest BCUT2D eigenvalue weighted by Gasteiger charge is 2.13. The summed E-state index contributed by atoms with van der Waals surface area (Å²) in [5.41, 5.74) is 0. The van der Waals surface area contributed by atoms with E-state index in [2.05, 4.69) is 24.7 Å². The fourth-order valence-corrected chi connectivity index (χ4v) is 5.44. The van der Waals surface area contributed by atoms with Crippen molar-refractivity contribution >= 4 is 5.97 Å². The molecule has 5 heteroatoms. The second kappa shape index (κ2) is 30.9. The molecule has 0 aromatic heterocycles. The number of esters is 1. The summed E-state index contributed by atoms with van der Waals surface area (Å²) in [6.45, 7) is 7.97. The quantitative estimate of drug-likeness (QED) is 0.0501. The van der Waals surface area contributed by atoms with Gasteiger partial charge in [-0.25, -0.2) is 0 Å². The summed E-state index contributed by atoms with van der Waals surface area (Å²) in [5.74, 6) is 3.31. The third kappa shape index (κ3) is 27.1. The van der Waals surface area contributed by atoms with E-state index in [1.165, 1.54) is 77.0 Å². The minimum Gasteiger partial charge on any atom is -0.466 e. The van der Waals surface area contributed by atoms with Crippen LogP contribution in [0, 0.1) is 18.3 Å². The van der Waals surface area contributed by atoms with Gasteiger partial charge in [-0.2, -0.15) is 0 Å². The van der Waals surface area contributed by atoms with Gasteiger partial charge in [-0.1, -0.05) is 97.3 Å². The number of hydrogen-bond donors (Lipinski definition) is 2. The van der Waals surface area contributed by atoms with E-state index in [0.29, 0.717) is 25.5 Å². The molecule has 0 aromatic carbocycles. The van der Waals surface area contributed by atoms with Crippen LogP contribution < -0.4 is 0 Å². The number of carbonyl (C=O) groups excluding carboxylic acids is 1. The number of aliphatic hydroxyl groups is 2. The molecular formula is C35H67NO4. The van der Waals surface area contributed by atoms with Crippen molar-refractivity contribution in [1.29, 1.82) is 0 Å². The smallest absolute Gasteiger partial charge is 0.305 e. The van der Waals surface area contributed by atoms with E-state index in [1.54, 1.807) is 0 Å². The maximum atomic E-state index is 12.3. The highest BCUT2D eigenvalue weighted by Crippen LogP contribution is 2.22. The number of unbranched alkanes of at least 4 members (excludes halogenated alkanes) is 13. The van der Waals surface area contributed by atoms with Crippen molar-refractivity contribution in [2.45, 2.75) is 168 Å². The maximum absolute atomic E-state index is 12.3. The van der Waals surface area contributed by atoms with E-state index in [0.717, 1.165) is 77.3 Å². The Morgan fingerprint density at radius 1 is 0.750 bits per heavy atom. The zero-order chi connectivity index (χ0) is 29.5. The third-order valence-corrected chi connectivity index (χ3v) is 8.04. The van der Waals surface area contributed by atoms with E-state index < -0.39 is 0 Å². The average Bonchev–Trinajstić information content (AvgIpc) is 2.94. The number of terminal acetylenes is 1. The fraction of sp³-hybridized carbons (Fsp3) is 0.914. The SMILES string of the molecule is C#CCCCCCCN(CCCCCO)CC(O)CCCCC(=O)OCCC(CCCCC)CCCCCCC. The van der Waals surface area contributed by atoms with Crippen molar-refractivity contribution in [3.05, 3.63) is 0 Å². The number of hydrogen-bond acceptors (Lipinski definition) is 5. The second-order valence-electron chi connectivity index (χ2n) is 11.9. The number of nitrogens with zero attached hydrogens (tertiary/aromatic N) is 1. The first-order valence-corrected chi connectivity index (χ1v) is 17.2. The van der Waals surface area contributed by atoms with Crippen LogP contribution in [0.25, 0.3) is 0 Å². The first kappa shape index (κ1) is 38.9. The number of ether oxygens (including phenoxy) is 1. The van der Waals surface area contributed by atoms with Gasteiger partial charge in [0.05, 0.1) is 12.7 Å². The van der Waals surface area contributed by atoms with E-state index in [-0.39, 0.29) is 18.7 Å². The van der Waals surface area contributed by atoms with E-state index in [1.807, 2.05) is 0 Å². The summed E-state index contributed by atoms with van der Waals surface area (Å²) in [5, 5.41) is 19.7. The Hall–Kier alpha value is -1.09. The molecule has 0 aliphatic heterocycles. The van der Waals surface area contributed by atoms with Gasteiger partial charge in [0.2, 0.25) is 0 Å². The lowest BCUT2D eigenvalue weighted by Crippen LogP contribution is -2.34. The predicted molar refractivity (Wildman–Crippen MR) is 170 cm³/mol. The summed E-state index contributed by atoms with van der Waals surface area (Å²) >= 11 is 0. The molecule has 40 heavy (non-hydrogen) atoms. The van der Waals surface area contributed by atoms with Crippen molar-refractivity contribution in [2.24, 2.45) is 5.92 Å². The van der Waals surface area contributed by atoms with Crippen LogP contribution in [0.15, 0.2) is 0 Å². The Morgan fingerprint density at radius 3 is 2.00 bits per heavy atom. The number of carbonyl (C=O) groups is 1. The van der Waals surface area contributed by atoms with Crippen molar-refractivity contribution < 1.29 is 19.7 Å². The van der Waals surface area contributed by atoms with Crippen LogP contribution in [0.3, 0.4) is 0 Å². The van der Waals surface area contributed by atoms with E-state index in [4.69, 9.17) is 16.3 Å². The topological polar surface area (TPSA) is 70.0 Å². The molecule has 5 nitrogen and oxygen atoms in total. The van der Waals surface area contributed by atoms with Crippen LogP contribution in [-0.2, 0) is 9.53 Å². The standard InChI is InChI=1S/C35H67NO4/c1-4-7-10-12-14-20-28-36(29-21-15-22-30-37)32-34(38)25-18-19-26-35(39)40-31-27-33(23-16-9-6-3)24-17-13-11-8-5-2/h1,33-34,37-38H,5-32H2,2-3H3. The number of rotatable bonds is 31. The molecule has 0 fully saturated rings. The summed E-state index contributed by atoms with van der Waals surface area (Å²) in [6, 6.07) is 0. The third-order valence-electron chi connectivity index (χ3n) is 8.04. The molecule has 0 rings (SSSR count). The summed E-state index contributed by atoms with van der Waals surface area (Å²) in [4.78, 5) is 14.7. The molecular weight excluding hydrogens is 498 g/mol. The molecule has 0 spiro atoms. The largest absolute Gasteiger partial charge is 0.466 e. The highest BCUT2D eigenvalue weighted by atomic mass is 16.5. The summed E-state index contributed by atoms with van der Waals surface area (Å²) in [6.07, 6.45) is 30.1.